The number of fused-ring (bicyclic) bond motifs is 1. The molecule has 108 valence electrons. The number of halogens is 1. The van der Waals surface area contributed by atoms with E-state index in [2.05, 4.69) is 15.3 Å². The zero-order valence-electron chi connectivity index (χ0n) is 11.8. The third kappa shape index (κ3) is 2.65. The van der Waals surface area contributed by atoms with E-state index in [1.54, 1.807) is 12.3 Å². The molecule has 0 bridgehead atoms. The number of ether oxygens (including phenoxy) is 1. The van der Waals surface area contributed by atoms with Gasteiger partial charge in [0.1, 0.15) is 17.4 Å². The number of hydrogen-bond donors (Lipinski definition) is 1. The van der Waals surface area contributed by atoms with Gasteiger partial charge in [-0.1, -0.05) is 6.07 Å². The Morgan fingerprint density at radius 2 is 2.24 bits per heavy atom. The molecule has 3 rings (SSSR count). The molecule has 0 saturated heterocycles. The van der Waals surface area contributed by atoms with E-state index in [1.165, 1.54) is 12.1 Å². The van der Waals surface area contributed by atoms with Gasteiger partial charge in [0.2, 0.25) is 5.65 Å². The molecule has 0 fully saturated rings. The molecule has 0 saturated carbocycles. The summed E-state index contributed by atoms with van der Waals surface area (Å²) in [5.41, 5.74) is 1.41. The van der Waals surface area contributed by atoms with Crippen LogP contribution in [0.4, 0.5) is 10.2 Å². The van der Waals surface area contributed by atoms with Crippen LogP contribution in [0.1, 0.15) is 12.5 Å². The summed E-state index contributed by atoms with van der Waals surface area (Å²) in [6.45, 7) is 4.58. The van der Waals surface area contributed by atoms with Crippen LogP contribution >= 0.6 is 0 Å². The van der Waals surface area contributed by atoms with Crippen molar-refractivity contribution in [2.75, 3.05) is 11.9 Å². The summed E-state index contributed by atoms with van der Waals surface area (Å²) < 4.78 is 21.0. The minimum Gasteiger partial charge on any atom is -0.435 e. The molecule has 3 aromatic rings. The van der Waals surface area contributed by atoms with Crippen LogP contribution in [0, 0.1) is 12.7 Å². The Morgan fingerprint density at radius 3 is 3.05 bits per heavy atom. The summed E-state index contributed by atoms with van der Waals surface area (Å²) in [6.07, 6.45) is 5.30. The predicted molar refractivity (Wildman–Crippen MR) is 78.4 cm³/mol. The number of anilines is 1. The molecule has 0 atom stereocenters. The average Bonchev–Trinajstić information content (AvgIpc) is 2.92. The van der Waals surface area contributed by atoms with Gasteiger partial charge in [0.25, 0.3) is 5.88 Å². The highest BCUT2D eigenvalue weighted by atomic mass is 19.1. The molecule has 2 aromatic heterocycles. The topological polar surface area (TPSA) is 51.5 Å². The lowest BCUT2D eigenvalue weighted by Crippen LogP contribution is -2.03. The Labute approximate surface area is 121 Å². The van der Waals surface area contributed by atoms with E-state index in [0.717, 1.165) is 12.1 Å². The Morgan fingerprint density at radius 1 is 1.38 bits per heavy atom. The third-order valence-corrected chi connectivity index (χ3v) is 3.06. The largest absolute Gasteiger partial charge is 0.435 e. The number of nitrogens with one attached hydrogen (secondary N) is 1. The van der Waals surface area contributed by atoms with Gasteiger partial charge in [-0.25, -0.2) is 9.37 Å². The Hall–Kier alpha value is -2.63. The third-order valence-electron chi connectivity index (χ3n) is 3.06. The van der Waals surface area contributed by atoms with Gasteiger partial charge in [0.05, 0.1) is 6.20 Å². The van der Waals surface area contributed by atoms with Crippen molar-refractivity contribution in [2.24, 2.45) is 0 Å². The fourth-order valence-electron chi connectivity index (χ4n) is 2.03. The molecular weight excluding hydrogens is 271 g/mol. The second-order valence-electron chi connectivity index (χ2n) is 4.63. The number of aromatic nitrogens is 3. The van der Waals surface area contributed by atoms with Gasteiger partial charge >= 0.3 is 0 Å². The maximum atomic E-state index is 13.4. The van der Waals surface area contributed by atoms with E-state index in [9.17, 15) is 4.39 Å². The number of aryl methyl sites for hydroxylation is 1. The fourth-order valence-corrected chi connectivity index (χ4v) is 2.03. The molecule has 6 heteroatoms. The van der Waals surface area contributed by atoms with E-state index >= 15 is 0 Å². The van der Waals surface area contributed by atoms with Crippen molar-refractivity contribution in [3.8, 4) is 11.6 Å². The highest BCUT2D eigenvalue weighted by molar-refractivity contribution is 5.55. The molecule has 0 aliphatic carbocycles. The minimum atomic E-state index is -0.349. The van der Waals surface area contributed by atoms with Crippen LogP contribution in [-0.2, 0) is 0 Å². The lowest BCUT2D eigenvalue weighted by atomic mass is 10.2. The van der Waals surface area contributed by atoms with Gasteiger partial charge in [0.15, 0.2) is 0 Å². The molecule has 1 aromatic carbocycles. The summed E-state index contributed by atoms with van der Waals surface area (Å²) in [6, 6.07) is 4.41. The van der Waals surface area contributed by atoms with E-state index in [0.29, 0.717) is 23.1 Å². The smallest absolute Gasteiger partial charge is 0.265 e. The van der Waals surface area contributed by atoms with Gasteiger partial charge in [-0.2, -0.15) is 4.98 Å². The van der Waals surface area contributed by atoms with Crippen molar-refractivity contribution in [3.63, 3.8) is 0 Å². The van der Waals surface area contributed by atoms with Crippen LogP contribution in [0.5, 0.6) is 11.6 Å². The normalized spacial score (nSPS) is 10.8. The molecule has 5 nitrogen and oxygen atoms in total. The van der Waals surface area contributed by atoms with Gasteiger partial charge in [-0.15, -0.1) is 0 Å². The quantitative estimate of drug-likeness (QED) is 0.798. The highest BCUT2D eigenvalue weighted by Crippen LogP contribution is 2.28. The van der Waals surface area contributed by atoms with Crippen molar-refractivity contribution in [1.82, 2.24) is 14.4 Å². The maximum Gasteiger partial charge on any atom is 0.265 e. The van der Waals surface area contributed by atoms with Crippen molar-refractivity contribution >= 4 is 11.5 Å². The minimum absolute atomic E-state index is 0.340. The lowest BCUT2D eigenvalue weighted by Gasteiger charge is -2.11. The van der Waals surface area contributed by atoms with Gasteiger partial charge in [-0.05, 0) is 25.5 Å². The molecule has 0 spiro atoms. The number of benzene rings is 1. The zero-order chi connectivity index (χ0) is 14.8. The van der Waals surface area contributed by atoms with Crippen LogP contribution < -0.4 is 10.1 Å². The van der Waals surface area contributed by atoms with Gasteiger partial charge < -0.3 is 10.1 Å². The second-order valence-corrected chi connectivity index (χ2v) is 4.63. The van der Waals surface area contributed by atoms with E-state index in [4.69, 9.17) is 4.74 Å². The number of rotatable bonds is 4. The molecule has 1 N–H and O–H groups in total. The molecule has 21 heavy (non-hydrogen) atoms. The first-order valence-corrected chi connectivity index (χ1v) is 6.69. The van der Waals surface area contributed by atoms with Crippen LogP contribution in [0.15, 0.2) is 36.8 Å². The Bertz CT molecular complexity index is 784. The van der Waals surface area contributed by atoms with E-state index < -0.39 is 0 Å². The summed E-state index contributed by atoms with van der Waals surface area (Å²) in [4.78, 5) is 8.61. The van der Waals surface area contributed by atoms with Crippen molar-refractivity contribution < 1.29 is 9.13 Å². The molecule has 0 aliphatic rings. The second kappa shape index (κ2) is 5.40. The highest BCUT2D eigenvalue weighted by Gasteiger charge is 2.11. The average molecular weight is 286 g/mol. The first-order chi connectivity index (χ1) is 10.2. The van der Waals surface area contributed by atoms with Crippen LogP contribution in [-0.4, -0.2) is 20.9 Å². The zero-order valence-corrected chi connectivity index (χ0v) is 11.8. The lowest BCUT2D eigenvalue weighted by molar-refractivity contribution is 0.457. The fraction of sp³-hybridized carbons (Fsp3) is 0.200. The molecule has 0 amide bonds. The first-order valence-electron chi connectivity index (χ1n) is 6.69. The van der Waals surface area contributed by atoms with Gasteiger partial charge in [0, 0.05) is 25.0 Å². The first kappa shape index (κ1) is 13.4. The van der Waals surface area contributed by atoms with Crippen molar-refractivity contribution in [2.45, 2.75) is 13.8 Å². The number of hydrogen-bond acceptors (Lipinski definition) is 4. The summed E-state index contributed by atoms with van der Waals surface area (Å²) >= 11 is 0. The molecule has 2 heterocycles. The Kier molecular flexibility index (Phi) is 3.43. The molecule has 0 unspecified atom stereocenters. The number of nitrogens with zero attached hydrogens (tertiary/aromatic N) is 3. The Balaban J connectivity index is 2.06. The SMILES string of the molecule is CCNc1cn2ccnc2c(Oc2cc(F)ccc2C)n1. The summed E-state index contributed by atoms with van der Waals surface area (Å²) in [5.74, 6) is 1.10. The summed E-state index contributed by atoms with van der Waals surface area (Å²) in [5, 5.41) is 3.13. The van der Waals surface area contributed by atoms with Crippen molar-refractivity contribution in [1.29, 1.82) is 0 Å². The monoisotopic (exact) mass is 286 g/mol. The van der Waals surface area contributed by atoms with Crippen molar-refractivity contribution in [3.05, 3.63) is 48.2 Å². The molecular formula is C15H15FN4O. The molecule has 0 aliphatic heterocycles. The van der Waals surface area contributed by atoms with Crippen LogP contribution in [0.2, 0.25) is 0 Å². The van der Waals surface area contributed by atoms with E-state index in [1.807, 2.05) is 30.6 Å². The van der Waals surface area contributed by atoms with Crippen LogP contribution in [0.25, 0.3) is 5.65 Å². The van der Waals surface area contributed by atoms with E-state index in [-0.39, 0.29) is 5.82 Å². The maximum absolute atomic E-state index is 13.4. The molecule has 0 radical (unpaired) electrons. The van der Waals surface area contributed by atoms with Gasteiger partial charge in [-0.3, -0.25) is 4.40 Å². The summed E-state index contributed by atoms with van der Waals surface area (Å²) in [7, 11) is 0. The standard InChI is InChI=1S/C15H15FN4O/c1-3-17-13-9-20-7-6-18-14(20)15(19-13)21-12-8-11(16)5-4-10(12)2/h4-9,17H,3H2,1-2H3. The predicted octanol–water partition coefficient (Wildman–Crippen LogP) is 3.40. The number of imidazole rings is 1. The van der Waals surface area contributed by atoms with Crippen LogP contribution in [0.3, 0.4) is 0 Å².